The van der Waals surface area contributed by atoms with Crippen LogP contribution in [-0.4, -0.2) is 9.96 Å². The van der Waals surface area contributed by atoms with E-state index in [1.807, 2.05) is 6.07 Å². The van der Waals surface area contributed by atoms with Gasteiger partial charge in [0, 0.05) is 10.6 Å². The first-order valence-electron chi connectivity index (χ1n) is 5.60. The van der Waals surface area contributed by atoms with Crippen LogP contribution in [0.3, 0.4) is 0 Å². The van der Waals surface area contributed by atoms with Gasteiger partial charge in [-0.05, 0) is 37.0 Å². The van der Waals surface area contributed by atoms with Crippen molar-refractivity contribution in [3.8, 4) is 0 Å². The molecule has 1 atom stereocenters. The summed E-state index contributed by atoms with van der Waals surface area (Å²) in [7, 11) is -0.932. The van der Waals surface area contributed by atoms with Crippen molar-refractivity contribution in [3.63, 3.8) is 0 Å². The fourth-order valence-electron chi connectivity index (χ4n) is 2.14. The summed E-state index contributed by atoms with van der Waals surface area (Å²) in [6.45, 7) is 0. The zero-order valence-corrected chi connectivity index (χ0v) is 10.7. The van der Waals surface area contributed by atoms with E-state index in [1.165, 1.54) is 25.7 Å². The Hall–Kier alpha value is -0.540. The molecule has 2 rings (SSSR count). The third-order valence-corrected chi connectivity index (χ3v) is 4.98. The first-order chi connectivity index (χ1) is 7.66. The molecular formula is C12H16ClNOS. The molecule has 0 amide bonds. The first-order valence-corrected chi connectivity index (χ1v) is 7.30. The molecule has 1 aliphatic rings. The predicted molar refractivity (Wildman–Crippen MR) is 69.1 cm³/mol. The van der Waals surface area contributed by atoms with Gasteiger partial charge in [0.2, 0.25) is 0 Å². The van der Waals surface area contributed by atoms with Crippen molar-refractivity contribution in [2.45, 2.75) is 30.6 Å². The lowest BCUT2D eigenvalue weighted by molar-refractivity contribution is 0.604. The van der Waals surface area contributed by atoms with Gasteiger partial charge in [-0.15, -0.1) is 0 Å². The first kappa shape index (κ1) is 11.9. The largest absolute Gasteiger partial charge is 0.398 e. The summed E-state index contributed by atoms with van der Waals surface area (Å²) in [6.07, 6.45) is 5.00. The standard InChI is InChI=1S/C12H16ClNOS/c13-11-7-10(5-6-12(11)14)16(15)8-9-3-1-2-4-9/h5-7,9H,1-4,8,14H2. The van der Waals surface area contributed by atoms with Crippen molar-refractivity contribution in [2.75, 3.05) is 11.5 Å². The molecule has 2 nitrogen and oxygen atoms in total. The maximum atomic E-state index is 12.1. The van der Waals surface area contributed by atoms with Crippen molar-refractivity contribution < 1.29 is 4.21 Å². The van der Waals surface area contributed by atoms with Crippen LogP contribution in [0, 0.1) is 5.92 Å². The number of nitrogens with two attached hydrogens (primary N) is 1. The summed E-state index contributed by atoms with van der Waals surface area (Å²) >= 11 is 5.92. The monoisotopic (exact) mass is 257 g/mol. The molecule has 1 aromatic carbocycles. The molecule has 0 saturated heterocycles. The lowest BCUT2D eigenvalue weighted by atomic mass is 10.1. The quantitative estimate of drug-likeness (QED) is 0.845. The highest BCUT2D eigenvalue weighted by molar-refractivity contribution is 7.85. The Morgan fingerprint density at radius 3 is 2.69 bits per heavy atom. The predicted octanol–water partition coefficient (Wildman–Crippen LogP) is 3.22. The molecule has 1 aromatic rings. The normalized spacial score (nSPS) is 18.8. The van der Waals surface area contributed by atoms with Gasteiger partial charge in [-0.2, -0.15) is 0 Å². The fourth-order valence-corrected chi connectivity index (χ4v) is 3.81. The van der Waals surface area contributed by atoms with E-state index in [0.29, 0.717) is 16.6 Å². The number of hydrogen-bond donors (Lipinski definition) is 1. The summed E-state index contributed by atoms with van der Waals surface area (Å²) in [5.41, 5.74) is 6.17. The highest BCUT2D eigenvalue weighted by Crippen LogP contribution is 2.28. The van der Waals surface area contributed by atoms with Gasteiger partial charge in [-0.25, -0.2) is 0 Å². The Labute approximate surface area is 104 Å². The van der Waals surface area contributed by atoms with Crippen molar-refractivity contribution in [2.24, 2.45) is 5.92 Å². The van der Waals surface area contributed by atoms with Crippen LogP contribution in [0.15, 0.2) is 23.1 Å². The molecule has 1 fully saturated rings. The molecule has 2 N–H and O–H groups in total. The van der Waals surface area contributed by atoms with E-state index in [9.17, 15) is 4.21 Å². The Bertz CT molecular complexity index is 402. The van der Waals surface area contributed by atoms with Crippen molar-refractivity contribution in [1.82, 2.24) is 0 Å². The maximum absolute atomic E-state index is 12.1. The van der Waals surface area contributed by atoms with E-state index < -0.39 is 10.8 Å². The van der Waals surface area contributed by atoms with Crippen LogP contribution in [0.2, 0.25) is 5.02 Å². The third-order valence-electron chi connectivity index (χ3n) is 3.10. The van der Waals surface area contributed by atoms with Crippen LogP contribution in [0.4, 0.5) is 5.69 Å². The van der Waals surface area contributed by atoms with Gasteiger partial charge >= 0.3 is 0 Å². The Balaban J connectivity index is 2.05. The highest BCUT2D eigenvalue weighted by Gasteiger charge is 2.18. The zero-order valence-electron chi connectivity index (χ0n) is 9.12. The Morgan fingerprint density at radius 1 is 1.38 bits per heavy atom. The molecule has 1 unspecified atom stereocenters. The Kier molecular flexibility index (Phi) is 3.87. The van der Waals surface area contributed by atoms with Gasteiger partial charge in [0.05, 0.1) is 21.5 Å². The highest BCUT2D eigenvalue weighted by atomic mass is 35.5. The van der Waals surface area contributed by atoms with E-state index in [1.54, 1.807) is 12.1 Å². The minimum absolute atomic E-state index is 0.497. The van der Waals surface area contributed by atoms with E-state index in [-0.39, 0.29) is 0 Å². The number of rotatable bonds is 3. The maximum Gasteiger partial charge on any atom is 0.0647 e. The lowest BCUT2D eigenvalue weighted by Crippen LogP contribution is -2.07. The molecular weight excluding hydrogens is 242 g/mol. The molecule has 0 spiro atoms. The molecule has 16 heavy (non-hydrogen) atoms. The second-order valence-electron chi connectivity index (χ2n) is 4.35. The average Bonchev–Trinajstić information content (AvgIpc) is 2.74. The summed E-state index contributed by atoms with van der Waals surface area (Å²) in [5.74, 6) is 1.39. The topological polar surface area (TPSA) is 43.1 Å². The molecule has 0 aromatic heterocycles. The molecule has 0 heterocycles. The van der Waals surface area contributed by atoms with Gasteiger partial charge in [-0.3, -0.25) is 4.21 Å². The number of benzene rings is 1. The van der Waals surface area contributed by atoms with Gasteiger partial charge < -0.3 is 5.73 Å². The van der Waals surface area contributed by atoms with Crippen molar-refractivity contribution in [3.05, 3.63) is 23.2 Å². The fraction of sp³-hybridized carbons (Fsp3) is 0.500. The van der Waals surface area contributed by atoms with Crippen LogP contribution in [-0.2, 0) is 10.8 Å². The molecule has 0 bridgehead atoms. The molecule has 1 aliphatic carbocycles. The number of hydrogen-bond acceptors (Lipinski definition) is 2. The summed E-state index contributed by atoms with van der Waals surface area (Å²) < 4.78 is 12.1. The summed E-state index contributed by atoms with van der Waals surface area (Å²) in [5, 5.41) is 0.497. The van der Waals surface area contributed by atoms with Gasteiger partial charge in [-0.1, -0.05) is 24.4 Å². The van der Waals surface area contributed by atoms with Crippen LogP contribution in [0.25, 0.3) is 0 Å². The van der Waals surface area contributed by atoms with Crippen LogP contribution < -0.4 is 5.73 Å². The minimum Gasteiger partial charge on any atom is -0.398 e. The summed E-state index contributed by atoms with van der Waals surface area (Å²) in [4.78, 5) is 0.797. The van der Waals surface area contributed by atoms with Crippen molar-refractivity contribution >= 4 is 28.1 Å². The summed E-state index contributed by atoms with van der Waals surface area (Å²) in [6, 6.07) is 5.26. The zero-order chi connectivity index (χ0) is 11.5. The molecule has 4 heteroatoms. The van der Waals surface area contributed by atoms with E-state index in [2.05, 4.69) is 0 Å². The molecule has 88 valence electrons. The number of halogens is 1. The molecule has 0 aliphatic heterocycles. The third kappa shape index (κ3) is 2.77. The molecule has 0 radical (unpaired) electrons. The van der Waals surface area contributed by atoms with E-state index in [4.69, 9.17) is 17.3 Å². The van der Waals surface area contributed by atoms with Gasteiger partial charge in [0.1, 0.15) is 0 Å². The number of nitrogen functional groups attached to an aromatic ring is 1. The Morgan fingerprint density at radius 2 is 2.06 bits per heavy atom. The van der Waals surface area contributed by atoms with Gasteiger partial charge in [0.25, 0.3) is 0 Å². The smallest absolute Gasteiger partial charge is 0.0647 e. The molecule has 1 saturated carbocycles. The van der Waals surface area contributed by atoms with Crippen LogP contribution >= 0.6 is 11.6 Å². The number of anilines is 1. The van der Waals surface area contributed by atoms with Crippen molar-refractivity contribution in [1.29, 1.82) is 0 Å². The van der Waals surface area contributed by atoms with Crippen LogP contribution in [0.5, 0.6) is 0 Å². The average molecular weight is 258 g/mol. The van der Waals surface area contributed by atoms with Gasteiger partial charge in [0.15, 0.2) is 0 Å². The van der Waals surface area contributed by atoms with Crippen LogP contribution in [0.1, 0.15) is 25.7 Å². The lowest BCUT2D eigenvalue weighted by Gasteiger charge is -2.09. The minimum atomic E-state index is -0.932. The SMILES string of the molecule is Nc1ccc(S(=O)CC2CCCC2)cc1Cl. The van der Waals surface area contributed by atoms with E-state index in [0.717, 1.165) is 10.6 Å². The second-order valence-corrected chi connectivity index (χ2v) is 6.25. The second kappa shape index (κ2) is 5.19. The van der Waals surface area contributed by atoms with E-state index >= 15 is 0 Å².